The van der Waals surface area contributed by atoms with Crippen molar-refractivity contribution in [3.63, 3.8) is 0 Å². The minimum Gasteiger partial charge on any atom is -0.409 e. The van der Waals surface area contributed by atoms with Crippen LogP contribution < -0.4 is 5.73 Å². The SMILES string of the molecule is CCc1c(C)nn(Cc2ccc(F)cc2C(N)=NO)c1C. The average molecular weight is 290 g/mol. The van der Waals surface area contributed by atoms with Gasteiger partial charge in [0.2, 0.25) is 0 Å². The summed E-state index contributed by atoms with van der Waals surface area (Å²) in [4.78, 5) is 0. The van der Waals surface area contributed by atoms with Gasteiger partial charge < -0.3 is 10.9 Å². The Hall–Kier alpha value is -2.37. The molecule has 1 aromatic carbocycles. The van der Waals surface area contributed by atoms with Crippen LogP contribution >= 0.6 is 0 Å². The summed E-state index contributed by atoms with van der Waals surface area (Å²) in [5.74, 6) is -0.537. The van der Waals surface area contributed by atoms with E-state index < -0.39 is 5.82 Å². The van der Waals surface area contributed by atoms with E-state index >= 15 is 0 Å². The predicted molar refractivity (Wildman–Crippen MR) is 79.1 cm³/mol. The Morgan fingerprint density at radius 1 is 1.43 bits per heavy atom. The summed E-state index contributed by atoms with van der Waals surface area (Å²) >= 11 is 0. The van der Waals surface area contributed by atoms with E-state index in [0.29, 0.717) is 12.1 Å². The van der Waals surface area contributed by atoms with Crippen molar-refractivity contribution in [2.45, 2.75) is 33.7 Å². The zero-order valence-corrected chi connectivity index (χ0v) is 12.4. The first-order valence-electron chi connectivity index (χ1n) is 6.77. The van der Waals surface area contributed by atoms with Crippen LogP contribution in [0.5, 0.6) is 0 Å². The molecule has 0 aliphatic rings. The molecule has 0 aliphatic carbocycles. The number of nitrogens with zero attached hydrogens (tertiary/aromatic N) is 3. The molecule has 1 aromatic heterocycles. The van der Waals surface area contributed by atoms with Gasteiger partial charge in [0.15, 0.2) is 5.84 Å². The molecule has 0 spiro atoms. The van der Waals surface area contributed by atoms with E-state index in [4.69, 9.17) is 10.9 Å². The third-order valence-electron chi connectivity index (χ3n) is 3.66. The summed E-state index contributed by atoms with van der Waals surface area (Å²) in [6.45, 7) is 6.50. The van der Waals surface area contributed by atoms with Crippen LogP contribution in [-0.2, 0) is 13.0 Å². The molecule has 0 bridgehead atoms. The summed E-state index contributed by atoms with van der Waals surface area (Å²) in [5.41, 5.74) is 10.0. The normalized spacial score (nSPS) is 11.9. The maximum Gasteiger partial charge on any atom is 0.170 e. The Labute approximate surface area is 122 Å². The number of halogens is 1. The number of hydrogen-bond acceptors (Lipinski definition) is 3. The van der Waals surface area contributed by atoms with Crippen molar-refractivity contribution in [2.75, 3.05) is 0 Å². The van der Waals surface area contributed by atoms with Gasteiger partial charge in [-0.2, -0.15) is 5.10 Å². The minimum absolute atomic E-state index is 0.109. The van der Waals surface area contributed by atoms with E-state index in [-0.39, 0.29) is 5.84 Å². The molecule has 21 heavy (non-hydrogen) atoms. The lowest BCUT2D eigenvalue weighted by molar-refractivity contribution is 0.318. The molecule has 0 aliphatic heterocycles. The Morgan fingerprint density at radius 2 is 2.14 bits per heavy atom. The van der Waals surface area contributed by atoms with Gasteiger partial charge in [0.1, 0.15) is 5.82 Å². The first-order chi connectivity index (χ1) is 9.97. The molecule has 0 saturated carbocycles. The number of hydrogen-bond donors (Lipinski definition) is 2. The van der Waals surface area contributed by atoms with Crippen LogP contribution in [0.25, 0.3) is 0 Å². The van der Waals surface area contributed by atoms with Crippen molar-refractivity contribution in [3.05, 3.63) is 52.1 Å². The van der Waals surface area contributed by atoms with E-state index in [2.05, 4.69) is 17.2 Å². The molecule has 112 valence electrons. The summed E-state index contributed by atoms with van der Waals surface area (Å²) in [7, 11) is 0. The first kappa shape index (κ1) is 15.0. The summed E-state index contributed by atoms with van der Waals surface area (Å²) in [6, 6.07) is 4.25. The van der Waals surface area contributed by atoms with Gasteiger partial charge in [0.25, 0.3) is 0 Å². The molecule has 1 heterocycles. The summed E-state index contributed by atoms with van der Waals surface area (Å²) in [6.07, 6.45) is 0.911. The van der Waals surface area contributed by atoms with Crippen LogP contribution in [0, 0.1) is 19.7 Å². The fraction of sp³-hybridized carbons (Fsp3) is 0.333. The zero-order valence-electron chi connectivity index (χ0n) is 12.4. The van der Waals surface area contributed by atoms with Gasteiger partial charge in [-0.15, -0.1) is 0 Å². The molecule has 3 N–H and O–H groups in total. The van der Waals surface area contributed by atoms with Crippen LogP contribution in [0.15, 0.2) is 23.4 Å². The number of benzene rings is 1. The van der Waals surface area contributed by atoms with Crippen LogP contribution in [0.1, 0.15) is 35.0 Å². The third kappa shape index (κ3) is 2.89. The molecule has 0 radical (unpaired) electrons. The zero-order chi connectivity index (χ0) is 15.6. The van der Waals surface area contributed by atoms with E-state index in [1.165, 1.54) is 17.7 Å². The predicted octanol–water partition coefficient (Wildman–Crippen LogP) is 2.34. The molecule has 6 heteroatoms. The highest BCUT2D eigenvalue weighted by molar-refractivity contribution is 5.98. The maximum atomic E-state index is 13.4. The van der Waals surface area contributed by atoms with Gasteiger partial charge in [-0.05, 0) is 43.5 Å². The fourth-order valence-electron chi connectivity index (χ4n) is 2.54. The minimum atomic E-state index is -0.428. The molecule has 0 fully saturated rings. The number of nitrogens with two attached hydrogens (primary N) is 1. The van der Waals surface area contributed by atoms with Crippen molar-refractivity contribution in [3.8, 4) is 0 Å². The van der Waals surface area contributed by atoms with Gasteiger partial charge in [-0.3, -0.25) is 4.68 Å². The second-order valence-electron chi connectivity index (χ2n) is 4.95. The Morgan fingerprint density at radius 3 is 2.71 bits per heavy atom. The van der Waals surface area contributed by atoms with Gasteiger partial charge in [-0.1, -0.05) is 18.1 Å². The number of aryl methyl sites for hydroxylation is 1. The van der Waals surface area contributed by atoms with Gasteiger partial charge in [0.05, 0.1) is 12.2 Å². The lowest BCUT2D eigenvalue weighted by atomic mass is 10.1. The van der Waals surface area contributed by atoms with Crippen LogP contribution in [-0.4, -0.2) is 20.8 Å². The van der Waals surface area contributed by atoms with Gasteiger partial charge in [0, 0.05) is 11.3 Å². The highest BCUT2D eigenvalue weighted by Crippen LogP contribution is 2.18. The van der Waals surface area contributed by atoms with Crippen LogP contribution in [0.4, 0.5) is 4.39 Å². The molecular weight excluding hydrogens is 271 g/mol. The Balaban J connectivity index is 2.45. The lowest BCUT2D eigenvalue weighted by Crippen LogP contribution is -2.18. The van der Waals surface area contributed by atoms with E-state index in [1.54, 1.807) is 6.07 Å². The summed E-state index contributed by atoms with van der Waals surface area (Å²) < 4.78 is 15.2. The molecule has 2 aromatic rings. The van der Waals surface area contributed by atoms with Crippen LogP contribution in [0.2, 0.25) is 0 Å². The highest BCUT2D eigenvalue weighted by atomic mass is 19.1. The fourth-order valence-corrected chi connectivity index (χ4v) is 2.54. The van der Waals surface area contributed by atoms with Crippen molar-refractivity contribution in [1.29, 1.82) is 0 Å². The third-order valence-corrected chi connectivity index (χ3v) is 3.66. The maximum absolute atomic E-state index is 13.4. The van der Waals surface area contributed by atoms with Crippen molar-refractivity contribution < 1.29 is 9.60 Å². The Bertz CT molecular complexity index is 691. The standard InChI is InChI=1S/C15H19FN4O/c1-4-13-9(2)18-20(10(13)3)8-11-5-6-12(16)7-14(11)15(17)19-21/h5-7,21H,4,8H2,1-3H3,(H2,17,19). The molecule has 0 amide bonds. The molecular formula is C15H19FN4O. The summed E-state index contributed by atoms with van der Waals surface area (Å²) in [5, 5.41) is 16.3. The van der Waals surface area contributed by atoms with Crippen LogP contribution in [0.3, 0.4) is 0 Å². The van der Waals surface area contributed by atoms with E-state index in [9.17, 15) is 4.39 Å². The number of amidine groups is 1. The van der Waals surface area contributed by atoms with Gasteiger partial charge in [-0.25, -0.2) is 4.39 Å². The van der Waals surface area contributed by atoms with Gasteiger partial charge >= 0.3 is 0 Å². The first-order valence-corrected chi connectivity index (χ1v) is 6.77. The van der Waals surface area contributed by atoms with Crippen molar-refractivity contribution in [1.82, 2.24) is 9.78 Å². The number of aromatic nitrogens is 2. The highest BCUT2D eigenvalue weighted by Gasteiger charge is 2.14. The molecule has 0 unspecified atom stereocenters. The molecule has 5 nitrogen and oxygen atoms in total. The second kappa shape index (κ2) is 5.95. The average Bonchev–Trinajstić information content (AvgIpc) is 2.74. The van der Waals surface area contributed by atoms with E-state index in [1.807, 2.05) is 18.5 Å². The smallest absolute Gasteiger partial charge is 0.170 e. The molecule has 2 rings (SSSR count). The number of oxime groups is 1. The quantitative estimate of drug-likeness (QED) is 0.393. The van der Waals surface area contributed by atoms with E-state index in [0.717, 1.165) is 23.4 Å². The molecule has 0 saturated heterocycles. The van der Waals surface area contributed by atoms with Crippen molar-refractivity contribution >= 4 is 5.84 Å². The second-order valence-corrected chi connectivity index (χ2v) is 4.95. The lowest BCUT2D eigenvalue weighted by Gasteiger charge is -2.10. The largest absolute Gasteiger partial charge is 0.409 e. The topological polar surface area (TPSA) is 76.4 Å². The Kier molecular flexibility index (Phi) is 4.26. The number of rotatable bonds is 4. The monoisotopic (exact) mass is 290 g/mol. The van der Waals surface area contributed by atoms with Crippen molar-refractivity contribution in [2.24, 2.45) is 10.9 Å². The molecule has 0 atom stereocenters.